The Bertz CT molecular complexity index is 1660. The zero-order chi connectivity index (χ0) is 26.8. The number of thioether (sulfide) groups is 1. The molecule has 0 atom stereocenters. The van der Waals surface area contributed by atoms with Crippen LogP contribution in [0.15, 0.2) is 112 Å². The molecule has 0 fully saturated rings. The van der Waals surface area contributed by atoms with Crippen LogP contribution in [0.4, 0.5) is 11.4 Å². The summed E-state index contributed by atoms with van der Waals surface area (Å²) in [6, 6.07) is 31.3. The number of para-hydroxylation sites is 3. The summed E-state index contributed by atoms with van der Waals surface area (Å²) < 4.78 is 8.03. The van der Waals surface area contributed by atoms with Crippen molar-refractivity contribution in [1.29, 1.82) is 0 Å². The Morgan fingerprint density at radius 3 is 2.49 bits per heavy atom. The van der Waals surface area contributed by atoms with Crippen molar-refractivity contribution in [3.8, 4) is 11.4 Å². The fraction of sp³-hybridized carbons (Fsp3) is 0.100. The highest BCUT2D eigenvalue weighted by Gasteiger charge is 2.29. The minimum Gasteiger partial charge on any atom is -0.485 e. The molecule has 0 aliphatic carbocycles. The van der Waals surface area contributed by atoms with Crippen molar-refractivity contribution >= 4 is 52.4 Å². The fourth-order valence-corrected chi connectivity index (χ4v) is 6.40. The molecule has 0 unspecified atom stereocenters. The van der Waals surface area contributed by atoms with E-state index in [2.05, 4.69) is 10.2 Å². The van der Waals surface area contributed by atoms with Gasteiger partial charge in [0, 0.05) is 20.5 Å². The van der Waals surface area contributed by atoms with Crippen LogP contribution in [0.5, 0.6) is 5.75 Å². The van der Waals surface area contributed by atoms with Gasteiger partial charge in [0.15, 0.2) is 11.0 Å². The number of nitrogens with zero attached hydrogens (tertiary/aromatic N) is 4. The van der Waals surface area contributed by atoms with Crippen molar-refractivity contribution < 1.29 is 9.53 Å². The number of benzene rings is 4. The van der Waals surface area contributed by atoms with E-state index in [0.717, 1.165) is 38.2 Å². The van der Waals surface area contributed by atoms with Gasteiger partial charge in [0.2, 0.25) is 5.91 Å². The first-order chi connectivity index (χ1) is 19.1. The SMILES string of the molecule is Cc1ccccc1OCc1nnc(SCC(=O)N2c3ccccc3Sc3ccc(Cl)cc32)n1-c1ccccc1. The number of amides is 1. The molecule has 6 rings (SSSR count). The number of halogens is 1. The number of carbonyl (C=O) groups excluding carboxylic acids is 1. The Balaban J connectivity index is 1.28. The topological polar surface area (TPSA) is 60.3 Å². The van der Waals surface area contributed by atoms with Crippen molar-refractivity contribution in [2.24, 2.45) is 0 Å². The summed E-state index contributed by atoms with van der Waals surface area (Å²) in [5.41, 5.74) is 3.58. The lowest BCUT2D eigenvalue weighted by atomic mass is 10.2. The van der Waals surface area contributed by atoms with E-state index in [0.29, 0.717) is 16.0 Å². The number of fused-ring (bicyclic) bond motifs is 2. The Labute approximate surface area is 240 Å². The molecular weight excluding hydrogens is 548 g/mol. The second-order valence-electron chi connectivity index (χ2n) is 8.82. The van der Waals surface area contributed by atoms with Crippen molar-refractivity contribution in [3.63, 3.8) is 0 Å². The van der Waals surface area contributed by atoms with Gasteiger partial charge >= 0.3 is 0 Å². The number of carbonyl (C=O) groups is 1. The lowest BCUT2D eigenvalue weighted by Crippen LogP contribution is -2.30. The van der Waals surface area contributed by atoms with Crippen molar-refractivity contribution in [2.45, 2.75) is 28.5 Å². The van der Waals surface area contributed by atoms with E-state index >= 15 is 0 Å². The standard InChI is InChI=1S/C30H23ClN4O2S2/c1-20-9-5-7-13-25(20)37-18-28-32-33-30(34(28)22-10-3-2-4-11-22)38-19-29(36)35-23-12-6-8-14-26(23)39-27-16-15-21(31)17-24(27)35/h2-17H,18-19H2,1H3. The normalized spacial score (nSPS) is 12.1. The second kappa shape index (κ2) is 11.2. The zero-order valence-corrected chi connectivity index (χ0v) is 23.3. The van der Waals surface area contributed by atoms with Gasteiger partial charge in [-0.1, -0.05) is 83.7 Å². The van der Waals surface area contributed by atoms with E-state index in [9.17, 15) is 4.79 Å². The Kier molecular flexibility index (Phi) is 7.32. The monoisotopic (exact) mass is 570 g/mol. The van der Waals surface area contributed by atoms with Crippen molar-refractivity contribution in [1.82, 2.24) is 14.8 Å². The van der Waals surface area contributed by atoms with E-state index in [1.807, 2.05) is 109 Å². The first-order valence-corrected chi connectivity index (χ1v) is 14.5. The maximum absolute atomic E-state index is 13.8. The van der Waals surface area contributed by atoms with Crippen LogP contribution < -0.4 is 9.64 Å². The second-order valence-corrected chi connectivity index (χ2v) is 11.3. The maximum Gasteiger partial charge on any atom is 0.242 e. The average Bonchev–Trinajstić information content (AvgIpc) is 3.37. The maximum atomic E-state index is 13.8. The van der Waals surface area contributed by atoms with Crippen molar-refractivity contribution in [3.05, 3.63) is 113 Å². The third-order valence-electron chi connectivity index (χ3n) is 6.23. The Morgan fingerprint density at radius 2 is 1.64 bits per heavy atom. The molecule has 0 saturated carbocycles. The lowest BCUT2D eigenvalue weighted by Gasteiger charge is -2.31. The summed E-state index contributed by atoms with van der Waals surface area (Å²) in [5, 5.41) is 10.1. The fourth-order valence-electron chi connectivity index (χ4n) is 4.37. The van der Waals surface area contributed by atoms with Crippen LogP contribution in [-0.2, 0) is 11.4 Å². The first-order valence-electron chi connectivity index (χ1n) is 12.3. The molecule has 1 aromatic heterocycles. The molecule has 194 valence electrons. The third kappa shape index (κ3) is 5.28. The highest BCUT2D eigenvalue weighted by atomic mass is 35.5. The molecule has 9 heteroatoms. The number of rotatable bonds is 7. The first kappa shape index (κ1) is 25.6. The van der Waals surface area contributed by atoms with Gasteiger partial charge < -0.3 is 4.74 Å². The number of hydrogen-bond acceptors (Lipinski definition) is 6. The van der Waals surface area contributed by atoms with E-state index < -0.39 is 0 Å². The van der Waals surface area contributed by atoms with Gasteiger partial charge in [0.05, 0.1) is 17.1 Å². The van der Waals surface area contributed by atoms with Crippen LogP contribution in [0.25, 0.3) is 5.69 Å². The zero-order valence-electron chi connectivity index (χ0n) is 21.0. The molecule has 1 amide bonds. The van der Waals surface area contributed by atoms with Gasteiger partial charge in [0.1, 0.15) is 12.4 Å². The molecule has 6 nitrogen and oxygen atoms in total. The van der Waals surface area contributed by atoms with Crippen LogP contribution in [0.2, 0.25) is 5.02 Å². The molecule has 4 aromatic carbocycles. The average molecular weight is 571 g/mol. The predicted octanol–water partition coefficient (Wildman–Crippen LogP) is 7.73. The molecule has 0 N–H and O–H groups in total. The summed E-state index contributed by atoms with van der Waals surface area (Å²) in [5.74, 6) is 1.53. The predicted molar refractivity (Wildman–Crippen MR) is 157 cm³/mol. The summed E-state index contributed by atoms with van der Waals surface area (Å²) >= 11 is 9.32. The highest BCUT2D eigenvalue weighted by Crippen LogP contribution is 2.49. The largest absolute Gasteiger partial charge is 0.485 e. The van der Waals surface area contributed by atoms with Crippen LogP contribution >= 0.6 is 35.1 Å². The van der Waals surface area contributed by atoms with Gasteiger partial charge in [-0.15, -0.1) is 10.2 Å². The molecule has 39 heavy (non-hydrogen) atoms. The quantitative estimate of drug-likeness (QED) is 0.187. The highest BCUT2D eigenvalue weighted by molar-refractivity contribution is 8.00. The van der Waals surface area contributed by atoms with E-state index in [1.165, 1.54) is 11.8 Å². The number of ether oxygens (including phenoxy) is 1. The van der Waals surface area contributed by atoms with Crippen molar-refractivity contribution in [2.75, 3.05) is 10.7 Å². The number of aryl methyl sites for hydroxylation is 1. The van der Waals surface area contributed by atoms with Gasteiger partial charge in [0.25, 0.3) is 0 Å². The summed E-state index contributed by atoms with van der Waals surface area (Å²) in [7, 11) is 0. The van der Waals surface area contributed by atoms with Crippen LogP contribution in [0.1, 0.15) is 11.4 Å². The number of aromatic nitrogens is 3. The summed E-state index contributed by atoms with van der Waals surface area (Å²) in [4.78, 5) is 17.5. The van der Waals surface area contributed by atoms with Gasteiger partial charge in [-0.2, -0.15) is 0 Å². The molecule has 0 radical (unpaired) electrons. The third-order valence-corrected chi connectivity index (χ3v) is 8.51. The van der Waals surface area contributed by atoms with Gasteiger partial charge in [-0.3, -0.25) is 14.3 Å². The minimum absolute atomic E-state index is 0.0726. The molecule has 5 aromatic rings. The molecule has 2 heterocycles. The van der Waals surface area contributed by atoms with Crippen LogP contribution in [-0.4, -0.2) is 26.4 Å². The molecule has 0 spiro atoms. The lowest BCUT2D eigenvalue weighted by molar-refractivity contribution is -0.115. The minimum atomic E-state index is -0.0726. The van der Waals surface area contributed by atoms with Crippen LogP contribution in [0.3, 0.4) is 0 Å². The summed E-state index contributed by atoms with van der Waals surface area (Å²) in [6.45, 7) is 2.25. The van der Waals surface area contributed by atoms with Crippen LogP contribution in [0, 0.1) is 6.92 Å². The molecular formula is C30H23ClN4O2S2. The van der Waals surface area contributed by atoms with Gasteiger partial charge in [-0.25, -0.2) is 0 Å². The Hall–Kier alpha value is -3.72. The Morgan fingerprint density at radius 1 is 0.897 bits per heavy atom. The molecule has 1 aliphatic rings. The summed E-state index contributed by atoms with van der Waals surface area (Å²) in [6.07, 6.45) is 0. The molecule has 0 saturated heterocycles. The smallest absolute Gasteiger partial charge is 0.242 e. The number of anilines is 2. The van der Waals surface area contributed by atoms with E-state index in [1.54, 1.807) is 16.7 Å². The molecule has 1 aliphatic heterocycles. The van der Waals surface area contributed by atoms with E-state index in [4.69, 9.17) is 16.3 Å². The molecule has 0 bridgehead atoms. The van der Waals surface area contributed by atoms with E-state index in [-0.39, 0.29) is 18.3 Å². The number of hydrogen-bond donors (Lipinski definition) is 0. The van der Waals surface area contributed by atoms with Gasteiger partial charge in [-0.05, 0) is 61.0 Å².